The van der Waals surface area contributed by atoms with E-state index < -0.39 is 6.04 Å². The SMILES string of the molecule is CC.CCC(C)C(=O)/C=C\C(C)=O.CCCCCCC(=O)NC(C(=O)NCC(=O)Nc1cccc(CC)c1)C(C)C. The highest BCUT2D eigenvalue weighted by Gasteiger charge is 2.24. The zero-order chi connectivity index (χ0) is 31.8. The molecule has 0 aliphatic carbocycles. The van der Waals surface area contributed by atoms with Crippen molar-refractivity contribution in [2.24, 2.45) is 11.8 Å². The minimum atomic E-state index is -0.644. The van der Waals surface area contributed by atoms with E-state index in [1.165, 1.54) is 19.1 Å². The molecule has 0 fully saturated rings. The molecule has 3 amide bonds. The molecule has 3 N–H and O–H groups in total. The van der Waals surface area contributed by atoms with E-state index in [9.17, 15) is 24.0 Å². The number of allylic oxidation sites excluding steroid dienone is 2. The fourth-order valence-corrected chi connectivity index (χ4v) is 3.41. The molecule has 0 aliphatic heterocycles. The van der Waals surface area contributed by atoms with Gasteiger partial charge in [-0.05, 0) is 62.0 Å². The number of nitrogens with one attached hydrogen (secondary N) is 3. The molecule has 8 nitrogen and oxygen atoms in total. The van der Waals surface area contributed by atoms with Gasteiger partial charge in [0.2, 0.25) is 17.7 Å². The zero-order valence-electron chi connectivity index (χ0n) is 26.9. The Morgan fingerprint density at radius 2 is 1.54 bits per heavy atom. The van der Waals surface area contributed by atoms with E-state index in [0.717, 1.165) is 44.1 Å². The molecule has 0 aromatic heterocycles. The fourth-order valence-electron chi connectivity index (χ4n) is 3.41. The number of rotatable bonds is 16. The van der Waals surface area contributed by atoms with E-state index in [4.69, 9.17) is 0 Å². The Balaban J connectivity index is 0. The largest absolute Gasteiger partial charge is 0.345 e. The summed E-state index contributed by atoms with van der Waals surface area (Å²) >= 11 is 0. The Morgan fingerprint density at radius 1 is 0.878 bits per heavy atom. The van der Waals surface area contributed by atoms with Gasteiger partial charge in [0, 0.05) is 18.0 Å². The van der Waals surface area contributed by atoms with Crippen molar-refractivity contribution >= 4 is 35.0 Å². The van der Waals surface area contributed by atoms with Crippen LogP contribution in [0.1, 0.15) is 106 Å². The van der Waals surface area contributed by atoms with Gasteiger partial charge in [-0.25, -0.2) is 0 Å². The van der Waals surface area contributed by atoms with Crippen molar-refractivity contribution in [3.05, 3.63) is 42.0 Å². The summed E-state index contributed by atoms with van der Waals surface area (Å²) < 4.78 is 0. The van der Waals surface area contributed by atoms with Gasteiger partial charge in [0.15, 0.2) is 11.6 Å². The lowest BCUT2D eigenvalue weighted by atomic mass is 10.0. The molecule has 41 heavy (non-hydrogen) atoms. The van der Waals surface area contributed by atoms with Crippen LogP contribution in [0.2, 0.25) is 0 Å². The molecule has 0 aliphatic rings. The van der Waals surface area contributed by atoms with E-state index in [-0.39, 0.29) is 47.7 Å². The van der Waals surface area contributed by atoms with Gasteiger partial charge in [0.05, 0.1) is 6.54 Å². The lowest BCUT2D eigenvalue weighted by molar-refractivity contribution is -0.130. The van der Waals surface area contributed by atoms with E-state index in [2.05, 4.69) is 22.9 Å². The highest BCUT2D eigenvalue weighted by Crippen LogP contribution is 2.11. The predicted octanol–water partition coefficient (Wildman–Crippen LogP) is 6.19. The molecule has 2 atom stereocenters. The first-order chi connectivity index (χ1) is 19.4. The summed E-state index contributed by atoms with van der Waals surface area (Å²) in [6, 6.07) is 6.96. The van der Waals surface area contributed by atoms with Gasteiger partial charge in [-0.15, -0.1) is 0 Å². The Hall–Kier alpha value is -3.29. The van der Waals surface area contributed by atoms with Crippen molar-refractivity contribution in [3.63, 3.8) is 0 Å². The number of unbranched alkanes of at least 4 members (excludes halogenated alkanes) is 3. The minimum Gasteiger partial charge on any atom is -0.345 e. The number of carbonyl (C=O) groups is 5. The molecule has 0 bridgehead atoms. The number of hydrogen-bond acceptors (Lipinski definition) is 5. The van der Waals surface area contributed by atoms with Crippen molar-refractivity contribution in [1.29, 1.82) is 0 Å². The second kappa shape index (κ2) is 24.5. The molecule has 1 aromatic carbocycles. The van der Waals surface area contributed by atoms with Crippen LogP contribution in [-0.4, -0.2) is 41.9 Å². The van der Waals surface area contributed by atoms with Crippen LogP contribution in [0.15, 0.2) is 36.4 Å². The van der Waals surface area contributed by atoms with Crippen LogP contribution in [0.5, 0.6) is 0 Å². The van der Waals surface area contributed by atoms with Crippen LogP contribution in [0, 0.1) is 11.8 Å². The van der Waals surface area contributed by atoms with Crippen molar-refractivity contribution in [1.82, 2.24) is 10.6 Å². The summed E-state index contributed by atoms with van der Waals surface area (Å²) in [5.74, 6) is -0.839. The molecule has 0 spiro atoms. The first-order valence-corrected chi connectivity index (χ1v) is 15.1. The average molecular weight is 574 g/mol. The smallest absolute Gasteiger partial charge is 0.243 e. The first kappa shape index (κ1) is 39.9. The molecule has 0 saturated heterocycles. The molecule has 1 rings (SSSR count). The lowest BCUT2D eigenvalue weighted by Gasteiger charge is -2.21. The third-order valence-corrected chi connectivity index (χ3v) is 6.15. The standard InChI is InChI=1S/C22H35N3O3.C9H14O2.C2H6/c1-5-7-8-9-13-19(26)25-21(16(3)4)22(28)23-15-20(27)24-18-12-10-11-17(6-2)14-18;1-4-7(2)9(11)6-5-8(3)10;1-2/h10-12,14,16,21H,5-9,13,15H2,1-4H3,(H,23,28)(H,24,27)(H,25,26);5-7H,4H2,1-3H3;1-2H3/b;6-5-;. The Labute approximate surface area is 248 Å². The van der Waals surface area contributed by atoms with Crippen molar-refractivity contribution in [3.8, 4) is 0 Å². The second-order valence-electron chi connectivity index (χ2n) is 10.1. The van der Waals surface area contributed by atoms with Gasteiger partial charge in [0.1, 0.15) is 6.04 Å². The summed E-state index contributed by atoms with van der Waals surface area (Å²) in [4.78, 5) is 58.1. The highest BCUT2D eigenvalue weighted by atomic mass is 16.2. The third kappa shape index (κ3) is 20.3. The van der Waals surface area contributed by atoms with Crippen LogP contribution in [0.3, 0.4) is 0 Å². The maximum Gasteiger partial charge on any atom is 0.243 e. The first-order valence-electron chi connectivity index (χ1n) is 15.1. The maximum atomic E-state index is 12.4. The minimum absolute atomic E-state index is 0.0303. The average Bonchev–Trinajstić information content (AvgIpc) is 2.96. The van der Waals surface area contributed by atoms with E-state index in [1.807, 2.05) is 72.7 Å². The van der Waals surface area contributed by atoms with Crippen LogP contribution >= 0.6 is 0 Å². The summed E-state index contributed by atoms with van der Waals surface area (Å²) in [6.07, 6.45) is 8.86. The van der Waals surface area contributed by atoms with Crippen LogP contribution in [0.4, 0.5) is 5.69 Å². The zero-order valence-corrected chi connectivity index (χ0v) is 26.9. The third-order valence-electron chi connectivity index (χ3n) is 6.15. The number of hydrogen-bond donors (Lipinski definition) is 3. The van der Waals surface area contributed by atoms with E-state index >= 15 is 0 Å². The highest BCUT2D eigenvalue weighted by molar-refractivity contribution is 5.98. The lowest BCUT2D eigenvalue weighted by Crippen LogP contribution is -2.51. The predicted molar refractivity (Wildman–Crippen MR) is 169 cm³/mol. The monoisotopic (exact) mass is 573 g/mol. The van der Waals surface area contributed by atoms with Gasteiger partial charge < -0.3 is 16.0 Å². The van der Waals surface area contributed by atoms with Crippen LogP contribution in [0.25, 0.3) is 0 Å². The Kier molecular flexibility index (Phi) is 23.8. The molecular formula is C33H55N3O5. The molecular weight excluding hydrogens is 518 g/mol. The maximum absolute atomic E-state index is 12.4. The molecule has 2 unspecified atom stereocenters. The van der Waals surface area contributed by atoms with Gasteiger partial charge in [-0.3, -0.25) is 24.0 Å². The van der Waals surface area contributed by atoms with E-state index in [0.29, 0.717) is 12.1 Å². The van der Waals surface area contributed by atoms with Crippen LogP contribution < -0.4 is 16.0 Å². The van der Waals surface area contributed by atoms with Gasteiger partial charge in [0.25, 0.3) is 0 Å². The molecule has 1 aromatic rings. The number of benzene rings is 1. The topological polar surface area (TPSA) is 121 Å². The number of aryl methyl sites for hydroxylation is 1. The quantitative estimate of drug-likeness (QED) is 0.161. The molecule has 0 saturated carbocycles. The van der Waals surface area contributed by atoms with E-state index in [1.54, 1.807) is 0 Å². The number of carbonyl (C=O) groups excluding carboxylic acids is 5. The van der Waals surface area contributed by atoms with Gasteiger partial charge in [-0.2, -0.15) is 0 Å². The molecule has 0 radical (unpaired) electrons. The number of anilines is 1. The summed E-state index contributed by atoms with van der Waals surface area (Å²) in [7, 11) is 0. The Bertz CT molecular complexity index is 956. The van der Waals surface area contributed by atoms with Crippen LogP contribution in [-0.2, 0) is 30.4 Å². The van der Waals surface area contributed by atoms with Crippen molar-refractivity contribution < 1.29 is 24.0 Å². The molecule has 0 heterocycles. The normalized spacial score (nSPS) is 11.8. The summed E-state index contributed by atoms with van der Waals surface area (Å²) in [5.41, 5.74) is 1.84. The van der Waals surface area contributed by atoms with Crippen molar-refractivity contribution in [2.45, 2.75) is 113 Å². The van der Waals surface area contributed by atoms with Gasteiger partial charge >= 0.3 is 0 Å². The van der Waals surface area contributed by atoms with Crippen molar-refractivity contribution in [2.75, 3.05) is 11.9 Å². The summed E-state index contributed by atoms with van der Waals surface area (Å²) in [6.45, 7) is 17.0. The Morgan fingerprint density at radius 3 is 2.07 bits per heavy atom. The molecule has 8 heteroatoms. The number of ketones is 2. The molecule has 232 valence electrons. The van der Waals surface area contributed by atoms with Gasteiger partial charge in [-0.1, -0.05) is 86.8 Å². The second-order valence-corrected chi connectivity index (χ2v) is 10.1. The fraction of sp³-hybridized carbons (Fsp3) is 0.606. The number of amides is 3. The summed E-state index contributed by atoms with van der Waals surface area (Å²) in [5, 5.41) is 8.21.